The molecule has 1 unspecified atom stereocenters. The first-order valence-electron chi connectivity index (χ1n) is 12.6. The Hall–Kier alpha value is -2.59. The minimum absolute atomic E-state index is 0.110. The molecule has 0 aromatic heterocycles. The minimum Gasteiger partial charge on any atom is -0.480 e. The van der Waals surface area contributed by atoms with Gasteiger partial charge in [0, 0.05) is 19.5 Å². The Kier molecular flexibility index (Phi) is 15.6. The van der Waals surface area contributed by atoms with Crippen LogP contribution < -0.4 is 14.2 Å². The van der Waals surface area contributed by atoms with Crippen LogP contribution in [0.4, 0.5) is 0 Å². The van der Waals surface area contributed by atoms with E-state index < -0.39 is 72.4 Å². The second-order valence-electron chi connectivity index (χ2n) is 9.36. The standard InChI is InChI=1S/C25H26I3N3O14S/c26-15-8-14(1-2-19(15)45-46(41,42)43)44-24-16(27)5-13(6-17(24)28)7-18(25(39)40)29-20(32)9-30(10-21(33)34)3-4-31(11-22(35)36)12-23(37)38/h1-2,5-6,8,18H,3-4,7,9-12H2,(H,29,32)(H,33,34)(H,35,36)(H,37,38)(H,39,40)(H,41,42,43). The molecule has 0 radical (unpaired) electrons. The van der Waals surface area contributed by atoms with E-state index in [2.05, 4.69) is 9.50 Å². The molecule has 1 atom stereocenters. The number of halogens is 3. The Morgan fingerprint density at radius 2 is 1.28 bits per heavy atom. The molecule has 21 heteroatoms. The molecule has 46 heavy (non-hydrogen) atoms. The summed E-state index contributed by atoms with van der Waals surface area (Å²) in [5, 5.41) is 39.4. The molecule has 0 bridgehead atoms. The van der Waals surface area contributed by atoms with Crippen LogP contribution in [-0.2, 0) is 40.8 Å². The maximum absolute atomic E-state index is 12.8. The smallest absolute Gasteiger partial charge is 0.446 e. The van der Waals surface area contributed by atoms with Gasteiger partial charge in [0.25, 0.3) is 0 Å². The van der Waals surface area contributed by atoms with E-state index in [1.807, 2.05) is 45.2 Å². The van der Waals surface area contributed by atoms with Crippen LogP contribution in [0.15, 0.2) is 30.3 Å². The number of carbonyl (C=O) groups is 5. The van der Waals surface area contributed by atoms with Gasteiger partial charge in [-0.2, -0.15) is 8.42 Å². The molecule has 6 N–H and O–H groups in total. The van der Waals surface area contributed by atoms with Gasteiger partial charge < -0.3 is 34.7 Å². The predicted octanol–water partition coefficient (Wildman–Crippen LogP) is 1.44. The molecule has 2 aromatic rings. The summed E-state index contributed by atoms with van der Waals surface area (Å²) in [5.74, 6) is -5.48. The molecule has 0 aliphatic carbocycles. The summed E-state index contributed by atoms with van der Waals surface area (Å²) in [6.07, 6.45) is -0.156. The van der Waals surface area contributed by atoms with Gasteiger partial charge in [-0.3, -0.25) is 33.5 Å². The molecule has 252 valence electrons. The summed E-state index contributed by atoms with van der Waals surface area (Å²) in [6.45, 7) is -2.83. The predicted molar refractivity (Wildman–Crippen MR) is 182 cm³/mol. The molecule has 2 rings (SSSR count). The number of carboxylic acid groups (broad SMARTS) is 4. The number of hydrogen-bond donors (Lipinski definition) is 6. The van der Waals surface area contributed by atoms with Gasteiger partial charge >= 0.3 is 34.3 Å². The highest BCUT2D eigenvalue weighted by molar-refractivity contribution is 14.1. The Bertz CT molecular complexity index is 1550. The van der Waals surface area contributed by atoms with Crippen LogP contribution in [0.2, 0.25) is 0 Å². The Labute approximate surface area is 302 Å². The van der Waals surface area contributed by atoms with Crippen molar-refractivity contribution >= 4 is 108 Å². The van der Waals surface area contributed by atoms with Crippen LogP contribution in [0.1, 0.15) is 5.56 Å². The number of aliphatic carboxylic acids is 4. The van der Waals surface area contributed by atoms with E-state index in [1.165, 1.54) is 18.2 Å². The highest BCUT2D eigenvalue weighted by Crippen LogP contribution is 2.35. The lowest BCUT2D eigenvalue weighted by Gasteiger charge is -2.25. The third-order valence-corrected chi connectivity index (χ3v) is 8.46. The fourth-order valence-corrected chi connectivity index (χ4v) is 7.07. The van der Waals surface area contributed by atoms with E-state index in [-0.39, 0.29) is 25.3 Å². The van der Waals surface area contributed by atoms with Crippen molar-refractivity contribution in [1.82, 2.24) is 15.1 Å². The topological polar surface area (TPSA) is 258 Å². The monoisotopic (exact) mass is 1000 g/mol. The average Bonchev–Trinajstić information content (AvgIpc) is 2.88. The van der Waals surface area contributed by atoms with Crippen molar-refractivity contribution in [3.05, 3.63) is 46.6 Å². The molecule has 0 spiro atoms. The number of ether oxygens (including phenoxy) is 1. The zero-order valence-corrected chi connectivity index (χ0v) is 30.5. The molecule has 0 aliphatic rings. The van der Waals surface area contributed by atoms with Crippen molar-refractivity contribution in [2.24, 2.45) is 0 Å². The van der Waals surface area contributed by atoms with Crippen LogP contribution in [0.3, 0.4) is 0 Å². The van der Waals surface area contributed by atoms with E-state index in [9.17, 15) is 42.6 Å². The van der Waals surface area contributed by atoms with E-state index in [0.29, 0.717) is 27.8 Å². The van der Waals surface area contributed by atoms with Crippen LogP contribution in [-0.4, -0.2) is 118 Å². The number of amides is 1. The maximum Gasteiger partial charge on any atom is 0.446 e. The molecule has 0 fully saturated rings. The number of carbonyl (C=O) groups excluding carboxylic acids is 1. The van der Waals surface area contributed by atoms with Gasteiger partial charge in [0.15, 0.2) is 11.5 Å². The number of carboxylic acids is 4. The molecule has 1 amide bonds. The zero-order valence-electron chi connectivity index (χ0n) is 23.3. The quantitative estimate of drug-likeness (QED) is 0.0860. The van der Waals surface area contributed by atoms with Gasteiger partial charge in [-0.1, -0.05) is 0 Å². The number of benzene rings is 2. The lowest BCUT2D eigenvalue weighted by Crippen LogP contribution is -2.49. The number of rotatable bonds is 19. The average molecular weight is 1010 g/mol. The van der Waals surface area contributed by atoms with Crippen LogP contribution >= 0.6 is 67.8 Å². The zero-order chi connectivity index (χ0) is 34.8. The SMILES string of the molecule is O=C(O)CN(CCN(CC(=O)O)CC(=O)NC(Cc1cc(I)c(Oc2ccc(OS(=O)(=O)O)c(I)c2)c(I)c1)C(=O)O)CC(=O)O. The van der Waals surface area contributed by atoms with Crippen LogP contribution in [0.25, 0.3) is 0 Å². The van der Waals surface area contributed by atoms with Crippen LogP contribution in [0.5, 0.6) is 17.2 Å². The summed E-state index contributed by atoms with van der Waals surface area (Å²) < 4.78 is 42.8. The van der Waals surface area contributed by atoms with Crippen LogP contribution in [0, 0.1) is 10.7 Å². The second kappa shape index (κ2) is 18.1. The third-order valence-electron chi connectivity index (χ3n) is 5.63. The van der Waals surface area contributed by atoms with Crippen molar-refractivity contribution in [2.45, 2.75) is 12.5 Å². The summed E-state index contributed by atoms with van der Waals surface area (Å²) in [5.41, 5.74) is 0.515. The van der Waals surface area contributed by atoms with Crippen molar-refractivity contribution < 1.29 is 66.3 Å². The van der Waals surface area contributed by atoms with Gasteiger partial charge in [-0.05, 0) is 104 Å². The van der Waals surface area contributed by atoms with E-state index in [1.54, 1.807) is 34.7 Å². The largest absolute Gasteiger partial charge is 0.480 e. The maximum atomic E-state index is 12.8. The van der Waals surface area contributed by atoms with Crippen molar-refractivity contribution in [1.29, 1.82) is 0 Å². The molecule has 0 heterocycles. The number of hydrogen-bond acceptors (Lipinski definition) is 11. The third kappa shape index (κ3) is 14.4. The van der Waals surface area contributed by atoms with Crippen molar-refractivity contribution in [3.8, 4) is 17.2 Å². The first-order valence-corrected chi connectivity index (χ1v) is 17.2. The molecule has 0 saturated heterocycles. The summed E-state index contributed by atoms with van der Waals surface area (Å²) in [7, 11) is -4.72. The normalized spacial score (nSPS) is 12.0. The molecule has 2 aromatic carbocycles. The molecule has 0 aliphatic heterocycles. The fraction of sp³-hybridized carbons (Fsp3) is 0.320. The van der Waals surface area contributed by atoms with Gasteiger partial charge in [0.1, 0.15) is 11.8 Å². The van der Waals surface area contributed by atoms with E-state index in [4.69, 9.17) is 19.5 Å². The first-order chi connectivity index (χ1) is 21.3. The van der Waals surface area contributed by atoms with Crippen molar-refractivity contribution in [3.63, 3.8) is 0 Å². The van der Waals surface area contributed by atoms with Gasteiger partial charge in [0.2, 0.25) is 5.91 Å². The lowest BCUT2D eigenvalue weighted by atomic mass is 10.1. The Balaban J connectivity index is 2.13. The fourth-order valence-electron chi connectivity index (χ4n) is 3.84. The highest BCUT2D eigenvalue weighted by Gasteiger charge is 2.24. The Morgan fingerprint density at radius 1 is 0.783 bits per heavy atom. The first kappa shape index (κ1) is 39.6. The lowest BCUT2D eigenvalue weighted by molar-refractivity contribution is -0.144. The van der Waals surface area contributed by atoms with E-state index in [0.717, 1.165) is 9.80 Å². The van der Waals surface area contributed by atoms with Gasteiger partial charge in [-0.25, -0.2) is 4.79 Å². The van der Waals surface area contributed by atoms with E-state index >= 15 is 0 Å². The van der Waals surface area contributed by atoms with Gasteiger partial charge in [-0.15, -0.1) is 0 Å². The molecular weight excluding hydrogens is 979 g/mol. The van der Waals surface area contributed by atoms with Gasteiger partial charge in [0.05, 0.1) is 36.9 Å². The summed E-state index contributed by atoms with van der Waals surface area (Å²) in [6, 6.07) is 6.04. The molecular formula is C25H26I3N3O14S. The Morgan fingerprint density at radius 3 is 1.72 bits per heavy atom. The second-order valence-corrected chi connectivity index (χ2v) is 13.9. The number of nitrogens with zero attached hydrogens (tertiary/aromatic N) is 2. The number of nitrogens with one attached hydrogen (secondary N) is 1. The summed E-state index contributed by atoms with van der Waals surface area (Å²) in [4.78, 5) is 60.3. The molecule has 0 saturated carbocycles. The van der Waals surface area contributed by atoms with Crippen molar-refractivity contribution in [2.75, 3.05) is 39.3 Å². The molecule has 17 nitrogen and oxygen atoms in total. The summed E-state index contributed by atoms with van der Waals surface area (Å²) >= 11 is 5.74. The minimum atomic E-state index is -4.72. The highest BCUT2D eigenvalue weighted by atomic mass is 127.